The van der Waals surface area contributed by atoms with Crippen molar-refractivity contribution >= 4 is 16.9 Å². The topological polar surface area (TPSA) is 46.5 Å². The van der Waals surface area contributed by atoms with E-state index in [1.54, 1.807) is 0 Å². The number of amides is 2. The Bertz CT molecular complexity index is 940. The molecule has 1 N–H and O–H groups in total. The van der Waals surface area contributed by atoms with Crippen molar-refractivity contribution in [3.05, 3.63) is 65.9 Å². The summed E-state index contributed by atoms with van der Waals surface area (Å²) in [5, 5.41) is 4.21. The van der Waals surface area contributed by atoms with Crippen LogP contribution >= 0.6 is 0 Å². The smallest absolute Gasteiger partial charge is 0.317 e. The van der Waals surface area contributed by atoms with Crippen molar-refractivity contribution in [2.45, 2.75) is 13.5 Å². The molecular weight excluding hydrogens is 338 g/mol. The molecule has 0 bridgehead atoms. The second-order valence-corrected chi connectivity index (χ2v) is 7.37. The number of ether oxygens (including phenoxy) is 1. The van der Waals surface area contributed by atoms with Gasteiger partial charge in [-0.1, -0.05) is 23.8 Å². The molecule has 5 heteroatoms. The summed E-state index contributed by atoms with van der Waals surface area (Å²) < 4.78 is 7.90. The first-order valence-corrected chi connectivity index (χ1v) is 9.35. The summed E-state index contributed by atoms with van der Waals surface area (Å²) in [5.41, 5.74) is 3.53. The Morgan fingerprint density at radius 3 is 2.70 bits per heavy atom. The van der Waals surface area contributed by atoms with Gasteiger partial charge in [-0.3, -0.25) is 0 Å². The van der Waals surface area contributed by atoms with E-state index in [0.717, 1.165) is 24.4 Å². The van der Waals surface area contributed by atoms with Crippen molar-refractivity contribution in [2.24, 2.45) is 13.0 Å². The summed E-state index contributed by atoms with van der Waals surface area (Å²) in [6, 6.07) is 16.4. The van der Waals surface area contributed by atoms with Crippen LogP contribution in [0.25, 0.3) is 10.9 Å². The minimum atomic E-state index is -0.00487. The molecule has 1 aromatic heterocycles. The van der Waals surface area contributed by atoms with Gasteiger partial charge in [-0.25, -0.2) is 4.79 Å². The maximum absolute atomic E-state index is 12.3. The minimum Gasteiger partial charge on any atom is -0.493 e. The second-order valence-electron chi connectivity index (χ2n) is 7.37. The summed E-state index contributed by atoms with van der Waals surface area (Å²) in [7, 11) is 2.03. The number of nitrogens with zero attached hydrogens (tertiary/aromatic N) is 2. The van der Waals surface area contributed by atoms with Crippen LogP contribution in [0.3, 0.4) is 0 Å². The zero-order chi connectivity index (χ0) is 18.8. The predicted octanol–water partition coefficient (Wildman–Crippen LogP) is 3.71. The van der Waals surface area contributed by atoms with E-state index < -0.39 is 0 Å². The van der Waals surface area contributed by atoms with Crippen LogP contribution < -0.4 is 10.1 Å². The number of fused-ring (bicyclic) bond motifs is 1. The first kappa shape index (κ1) is 17.5. The number of urea groups is 1. The zero-order valence-corrected chi connectivity index (χ0v) is 15.8. The van der Waals surface area contributed by atoms with E-state index in [0.29, 0.717) is 19.1 Å². The van der Waals surface area contributed by atoms with Crippen LogP contribution in [0, 0.1) is 12.8 Å². The number of nitrogens with one attached hydrogen (secondary N) is 1. The second kappa shape index (κ2) is 7.35. The number of aromatic nitrogens is 1. The van der Waals surface area contributed by atoms with Gasteiger partial charge < -0.3 is 19.5 Å². The molecule has 0 atom stereocenters. The minimum absolute atomic E-state index is 0.00487. The number of rotatable bonds is 5. The number of benzene rings is 2. The lowest BCUT2D eigenvalue weighted by Crippen LogP contribution is -2.55. The molecule has 0 spiro atoms. The molecule has 27 heavy (non-hydrogen) atoms. The molecule has 3 aromatic rings. The van der Waals surface area contributed by atoms with Gasteiger partial charge in [0.1, 0.15) is 5.75 Å². The zero-order valence-electron chi connectivity index (χ0n) is 15.8. The first-order chi connectivity index (χ1) is 13.1. The van der Waals surface area contributed by atoms with Gasteiger partial charge in [-0.05, 0) is 48.2 Å². The van der Waals surface area contributed by atoms with Gasteiger partial charge >= 0.3 is 6.03 Å². The molecule has 1 saturated heterocycles. The Hall–Kier alpha value is -2.95. The van der Waals surface area contributed by atoms with Crippen molar-refractivity contribution in [2.75, 3.05) is 19.7 Å². The molecule has 0 unspecified atom stereocenters. The fourth-order valence-electron chi connectivity index (χ4n) is 3.42. The SMILES string of the molecule is Cc1ccc(OCC2CN(C(=O)NCc3ccc4c(ccn4C)c3)C2)cc1. The molecule has 2 aromatic carbocycles. The Kier molecular flexibility index (Phi) is 4.75. The van der Waals surface area contributed by atoms with E-state index in [9.17, 15) is 4.79 Å². The van der Waals surface area contributed by atoms with E-state index in [4.69, 9.17) is 4.74 Å². The maximum atomic E-state index is 12.3. The highest BCUT2D eigenvalue weighted by Gasteiger charge is 2.30. The largest absolute Gasteiger partial charge is 0.493 e. The highest BCUT2D eigenvalue weighted by atomic mass is 16.5. The lowest BCUT2D eigenvalue weighted by Gasteiger charge is -2.38. The molecule has 2 heterocycles. The van der Waals surface area contributed by atoms with Crippen LogP contribution in [0.2, 0.25) is 0 Å². The molecular formula is C22H25N3O2. The number of aryl methyl sites for hydroxylation is 2. The predicted molar refractivity (Wildman–Crippen MR) is 107 cm³/mol. The highest BCUT2D eigenvalue weighted by molar-refractivity contribution is 5.81. The molecule has 1 aliphatic rings. The Morgan fingerprint density at radius 2 is 1.93 bits per heavy atom. The van der Waals surface area contributed by atoms with Crippen LogP contribution in [0.5, 0.6) is 5.75 Å². The van der Waals surface area contributed by atoms with Crippen molar-refractivity contribution in [1.29, 1.82) is 0 Å². The van der Waals surface area contributed by atoms with Gasteiger partial charge in [-0.2, -0.15) is 0 Å². The van der Waals surface area contributed by atoms with Gasteiger partial charge in [0.05, 0.1) is 6.61 Å². The lowest BCUT2D eigenvalue weighted by molar-refractivity contribution is 0.0855. The molecule has 140 valence electrons. The molecule has 1 fully saturated rings. The van der Waals surface area contributed by atoms with Crippen molar-refractivity contribution in [3.8, 4) is 5.75 Å². The molecule has 2 amide bonds. The summed E-state index contributed by atoms with van der Waals surface area (Å²) >= 11 is 0. The van der Waals surface area contributed by atoms with Gasteiger partial charge in [0.15, 0.2) is 0 Å². The average molecular weight is 363 g/mol. The number of likely N-dealkylation sites (tertiary alicyclic amines) is 1. The Labute approximate surface area is 159 Å². The van der Waals surface area contributed by atoms with Crippen molar-refractivity contribution in [3.63, 3.8) is 0 Å². The molecule has 5 nitrogen and oxygen atoms in total. The van der Waals surface area contributed by atoms with Gasteiger partial charge in [0.25, 0.3) is 0 Å². The number of carbonyl (C=O) groups excluding carboxylic acids is 1. The molecule has 0 radical (unpaired) electrons. The highest BCUT2D eigenvalue weighted by Crippen LogP contribution is 2.20. The number of carbonyl (C=O) groups is 1. The first-order valence-electron chi connectivity index (χ1n) is 9.35. The van der Waals surface area contributed by atoms with Crippen LogP contribution in [-0.4, -0.2) is 35.2 Å². The third-order valence-electron chi connectivity index (χ3n) is 5.14. The van der Waals surface area contributed by atoms with Crippen molar-refractivity contribution < 1.29 is 9.53 Å². The van der Waals surface area contributed by atoms with E-state index in [-0.39, 0.29) is 6.03 Å². The van der Waals surface area contributed by atoms with E-state index >= 15 is 0 Å². The third-order valence-corrected chi connectivity index (χ3v) is 5.14. The number of hydrogen-bond donors (Lipinski definition) is 1. The normalized spacial score (nSPS) is 14.2. The van der Waals surface area contributed by atoms with Gasteiger partial charge in [-0.15, -0.1) is 0 Å². The van der Waals surface area contributed by atoms with E-state index in [1.807, 2.05) is 42.4 Å². The van der Waals surface area contributed by atoms with E-state index in [1.165, 1.54) is 16.5 Å². The van der Waals surface area contributed by atoms with Gasteiger partial charge in [0.2, 0.25) is 0 Å². The molecule has 0 aliphatic carbocycles. The van der Waals surface area contributed by atoms with E-state index in [2.05, 4.69) is 41.1 Å². The van der Waals surface area contributed by atoms with Crippen LogP contribution in [-0.2, 0) is 13.6 Å². The van der Waals surface area contributed by atoms with Crippen LogP contribution in [0.1, 0.15) is 11.1 Å². The summed E-state index contributed by atoms with van der Waals surface area (Å²) in [6.45, 7) is 4.75. The number of hydrogen-bond acceptors (Lipinski definition) is 2. The Balaban J connectivity index is 1.21. The summed E-state index contributed by atoms with van der Waals surface area (Å²) in [4.78, 5) is 14.1. The molecule has 0 saturated carbocycles. The van der Waals surface area contributed by atoms with Gasteiger partial charge in [0, 0.05) is 44.3 Å². The maximum Gasteiger partial charge on any atom is 0.317 e. The molecule has 4 rings (SSSR count). The lowest BCUT2D eigenvalue weighted by atomic mass is 10.0. The summed E-state index contributed by atoms with van der Waals surface area (Å²) in [6.07, 6.45) is 2.05. The fraction of sp³-hybridized carbons (Fsp3) is 0.318. The third kappa shape index (κ3) is 3.92. The quantitative estimate of drug-likeness (QED) is 0.751. The monoisotopic (exact) mass is 363 g/mol. The van der Waals surface area contributed by atoms with Crippen LogP contribution in [0.4, 0.5) is 4.79 Å². The van der Waals surface area contributed by atoms with Crippen LogP contribution in [0.15, 0.2) is 54.7 Å². The Morgan fingerprint density at radius 1 is 1.15 bits per heavy atom. The molecule has 1 aliphatic heterocycles. The average Bonchev–Trinajstić information content (AvgIpc) is 3.00. The standard InChI is InChI=1S/C22H25N3O2/c1-16-3-6-20(7-4-16)27-15-18-13-25(14-18)22(26)23-12-17-5-8-21-19(11-17)9-10-24(21)2/h3-11,18H,12-15H2,1-2H3,(H,23,26). The summed E-state index contributed by atoms with van der Waals surface area (Å²) in [5.74, 6) is 1.29. The van der Waals surface area contributed by atoms with Crippen molar-refractivity contribution in [1.82, 2.24) is 14.8 Å². The fourth-order valence-corrected chi connectivity index (χ4v) is 3.42.